The van der Waals surface area contributed by atoms with E-state index in [-0.39, 0.29) is 17.2 Å². The summed E-state index contributed by atoms with van der Waals surface area (Å²) >= 11 is 7.58. The van der Waals surface area contributed by atoms with Crippen LogP contribution in [-0.4, -0.2) is 26.2 Å². The molecule has 10 heteroatoms. The first-order chi connectivity index (χ1) is 19.5. The van der Waals surface area contributed by atoms with E-state index in [0.29, 0.717) is 26.2 Å². The molecule has 0 saturated carbocycles. The SMILES string of the molecule is O=C(CSc1nc2scc(-c3ccccc3)c2c(=O)n1-c1ccccc1)Nc1ncc(Cc2ccc(Br)cc2)s1. The van der Waals surface area contributed by atoms with Gasteiger partial charge in [0.2, 0.25) is 5.91 Å². The molecule has 198 valence electrons. The quantitative estimate of drug-likeness (QED) is 0.136. The zero-order valence-corrected chi connectivity index (χ0v) is 24.9. The lowest BCUT2D eigenvalue weighted by molar-refractivity contribution is -0.113. The number of halogens is 1. The van der Waals surface area contributed by atoms with Crippen LogP contribution in [0.5, 0.6) is 0 Å². The smallest absolute Gasteiger partial charge is 0.268 e. The van der Waals surface area contributed by atoms with Crippen LogP contribution in [0.15, 0.2) is 111 Å². The lowest BCUT2D eigenvalue weighted by Gasteiger charge is -2.12. The summed E-state index contributed by atoms with van der Waals surface area (Å²) in [6.07, 6.45) is 2.54. The van der Waals surface area contributed by atoms with E-state index >= 15 is 0 Å². The van der Waals surface area contributed by atoms with Gasteiger partial charge >= 0.3 is 0 Å². The fraction of sp³-hybridized carbons (Fsp3) is 0.0667. The normalized spacial score (nSPS) is 11.1. The van der Waals surface area contributed by atoms with Crippen LogP contribution in [-0.2, 0) is 11.2 Å². The van der Waals surface area contributed by atoms with E-state index in [1.807, 2.05) is 78.2 Å². The number of hydrogen-bond donors (Lipinski definition) is 1. The molecule has 40 heavy (non-hydrogen) atoms. The van der Waals surface area contributed by atoms with Gasteiger partial charge in [-0.15, -0.1) is 22.7 Å². The molecule has 3 heterocycles. The van der Waals surface area contributed by atoms with Gasteiger partial charge in [-0.2, -0.15) is 0 Å². The molecular formula is C30H21BrN4O2S3. The molecule has 0 unspecified atom stereocenters. The first-order valence-corrected chi connectivity index (χ1v) is 15.8. The number of anilines is 1. The van der Waals surface area contributed by atoms with Crippen molar-refractivity contribution in [2.24, 2.45) is 0 Å². The molecule has 0 atom stereocenters. The molecular weight excluding hydrogens is 624 g/mol. The van der Waals surface area contributed by atoms with Crippen molar-refractivity contribution in [1.29, 1.82) is 0 Å². The number of fused-ring (bicyclic) bond motifs is 1. The maximum atomic E-state index is 13.9. The maximum absolute atomic E-state index is 13.9. The molecule has 1 amide bonds. The molecule has 0 bridgehead atoms. The molecule has 0 fully saturated rings. The summed E-state index contributed by atoms with van der Waals surface area (Å²) in [5.74, 6) is -0.122. The summed E-state index contributed by atoms with van der Waals surface area (Å²) in [5.41, 5.74) is 3.55. The van der Waals surface area contributed by atoms with Crippen molar-refractivity contribution < 1.29 is 4.79 Å². The standard InChI is InChI=1S/C30H21BrN4O2S3/c31-21-13-11-19(12-14-21)15-23-16-32-29(40-23)33-25(36)18-39-30-34-27-26(24(17-38-27)20-7-3-1-4-8-20)28(37)35(30)22-9-5-2-6-10-22/h1-14,16-17H,15,18H2,(H,32,33,36). The Balaban J connectivity index is 1.24. The Morgan fingerprint density at radius 1 is 0.975 bits per heavy atom. The van der Waals surface area contributed by atoms with Crippen LogP contribution in [0.3, 0.4) is 0 Å². The molecule has 0 saturated heterocycles. The number of nitrogens with zero attached hydrogens (tertiary/aromatic N) is 3. The van der Waals surface area contributed by atoms with E-state index in [1.165, 1.54) is 40.0 Å². The van der Waals surface area contributed by atoms with Crippen molar-refractivity contribution in [3.05, 3.63) is 122 Å². The number of thioether (sulfide) groups is 1. The number of rotatable bonds is 8. The molecule has 0 aliphatic rings. The van der Waals surface area contributed by atoms with E-state index in [4.69, 9.17) is 4.98 Å². The zero-order valence-electron chi connectivity index (χ0n) is 20.9. The monoisotopic (exact) mass is 644 g/mol. The molecule has 0 radical (unpaired) electrons. The fourth-order valence-electron chi connectivity index (χ4n) is 4.24. The van der Waals surface area contributed by atoms with E-state index in [1.54, 1.807) is 10.8 Å². The Hall–Kier alpha value is -3.57. The number of thiazole rings is 1. The highest BCUT2D eigenvalue weighted by molar-refractivity contribution is 9.10. The molecule has 6 aromatic rings. The first kappa shape index (κ1) is 26.6. The Bertz CT molecular complexity index is 1850. The minimum Gasteiger partial charge on any atom is -0.301 e. The van der Waals surface area contributed by atoms with Gasteiger partial charge in [-0.3, -0.25) is 14.2 Å². The summed E-state index contributed by atoms with van der Waals surface area (Å²) in [7, 11) is 0. The van der Waals surface area contributed by atoms with E-state index in [0.717, 1.165) is 26.9 Å². The van der Waals surface area contributed by atoms with Gasteiger partial charge in [0.1, 0.15) is 4.83 Å². The van der Waals surface area contributed by atoms with Gasteiger partial charge in [0, 0.05) is 32.9 Å². The van der Waals surface area contributed by atoms with Crippen molar-refractivity contribution in [3.63, 3.8) is 0 Å². The summed E-state index contributed by atoms with van der Waals surface area (Å²) in [5, 5.41) is 6.46. The third-order valence-electron chi connectivity index (χ3n) is 6.10. The average Bonchev–Trinajstić information content (AvgIpc) is 3.61. The lowest BCUT2D eigenvalue weighted by atomic mass is 10.1. The number of nitrogens with one attached hydrogen (secondary N) is 1. The second-order valence-corrected chi connectivity index (χ2v) is 12.7. The maximum Gasteiger partial charge on any atom is 0.268 e. The van der Waals surface area contributed by atoms with Crippen molar-refractivity contribution in [3.8, 4) is 16.8 Å². The van der Waals surface area contributed by atoms with Gasteiger partial charge in [0.25, 0.3) is 5.56 Å². The van der Waals surface area contributed by atoms with Crippen LogP contribution >= 0.6 is 50.4 Å². The number of hydrogen-bond acceptors (Lipinski definition) is 7. The highest BCUT2D eigenvalue weighted by atomic mass is 79.9. The van der Waals surface area contributed by atoms with E-state index in [9.17, 15) is 9.59 Å². The molecule has 0 spiro atoms. The van der Waals surface area contributed by atoms with Crippen molar-refractivity contribution in [2.45, 2.75) is 11.6 Å². The summed E-state index contributed by atoms with van der Waals surface area (Å²) < 4.78 is 2.63. The predicted octanol–water partition coefficient (Wildman–Crippen LogP) is 7.65. The van der Waals surface area contributed by atoms with Crippen LogP contribution in [0.25, 0.3) is 27.0 Å². The fourth-order valence-corrected chi connectivity index (χ4v) is 7.17. The molecule has 0 aliphatic heterocycles. The third kappa shape index (κ3) is 5.80. The summed E-state index contributed by atoms with van der Waals surface area (Å²) in [6.45, 7) is 0. The highest BCUT2D eigenvalue weighted by Gasteiger charge is 2.19. The number of thiophene rings is 1. The number of carbonyl (C=O) groups excluding carboxylic acids is 1. The average molecular weight is 646 g/mol. The van der Waals surface area contributed by atoms with Gasteiger partial charge in [-0.05, 0) is 35.4 Å². The van der Waals surface area contributed by atoms with E-state index in [2.05, 4.69) is 38.4 Å². The van der Waals surface area contributed by atoms with Crippen LogP contribution in [0.1, 0.15) is 10.4 Å². The van der Waals surface area contributed by atoms with Gasteiger partial charge < -0.3 is 5.32 Å². The first-order valence-electron chi connectivity index (χ1n) is 12.3. The van der Waals surface area contributed by atoms with Gasteiger partial charge in [0.15, 0.2) is 10.3 Å². The minimum absolute atomic E-state index is 0.0866. The topological polar surface area (TPSA) is 76.9 Å². The Kier molecular flexibility index (Phi) is 7.92. The van der Waals surface area contributed by atoms with Crippen LogP contribution in [0, 0.1) is 0 Å². The van der Waals surface area contributed by atoms with Gasteiger partial charge in [0.05, 0.1) is 16.8 Å². The van der Waals surface area contributed by atoms with Crippen molar-refractivity contribution >= 4 is 71.6 Å². The summed E-state index contributed by atoms with van der Waals surface area (Å²) in [4.78, 5) is 37.7. The highest BCUT2D eigenvalue weighted by Crippen LogP contribution is 2.33. The third-order valence-corrected chi connectivity index (χ3v) is 9.35. The second-order valence-electron chi connectivity index (χ2n) is 8.84. The number of benzene rings is 3. The van der Waals surface area contributed by atoms with Crippen molar-refractivity contribution in [1.82, 2.24) is 14.5 Å². The molecule has 3 aromatic carbocycles. The Morgan fingerprint density at radius 3 is 2.45 bits per heavy atom. The predicted molar refractivity (Wildman–Crippen MR) is 169 cm³/mol. The lowest BCUT2D eigenvalue weighted by Crippen LogP contribution is -2.22. The minimum atomic E-state index is -0.209. The zero-order chi connectivity index (χ0) is 27.5. The van der Waals surface area contributed by atoms with Gasteiger partial charge in [-0.1, -0.05) is 88.4 Å². The Labute approximate surface area is 250 Å². The molecule has 3 aromatic heterocycles. The van der Waals surface area contributed by atoms with Crippen LogP contribution in [0.2, 0.25) is 0 Å². The molecule has 6 nitrogen and oxygen atoms in total. The second kappa shape index (κ2) is 11.9. The number of aromatic nitrogens is 3. The van der Waals surface area contributed by atoms with Crippen molar-refractivity contribution in [2.75, 3.05) is 11.1 Å². The largest absolute Gasteiger partial charge is 0.301 e. The van der Waals surface area contributed by atoms with Crippen LogP contribution in [0.4, 0.5) is 5.13 Å². The number of carbonyl (C=O) groups is 1. The molecule has 0 aliphatic carbocycles. The number of para-hydroxylation sites is 1. The molecule has 6 rings (SSSR count). The number of amides is 1. The van der Waals surface area contributed by atoms with Gasteiger partial charge in [-0.25, -0.2) is 9.97 Å². The Morgan fingerprint density at radius 2 is 1.70 bits per heavy atom. The molecule has 1 N–H and O–H groups in total. The summed E-state index contributed by atoms with van der Waals surface area (Å²) in [6, 6.07) is 27.4. The van der Waals surface area contributed by atoms with Crippen LogP contribution < -0.4 is 10.9 Å². The van der Waals surface area contributed by atoms with E-state index < -0.39 is 0 Å².